The summed E-state index contributed by atoms with van der Waals surface area (Å²) in [6.07, 6.45) is 2.64. The highest BCUT2D eigenvalue weighted by Crippen LogP contribution is 2.59. The van der Waals surface area contributed by atoms with Crippen LogP contribution in [0.3, 0.4) is 0 Å². The van der Waals surface area contributed by atoms with Crippen molar-refractivity contribution in [2.75, 3.05) is 33.1 Å². The Kier molecular flexibility index (Phi) is 8.11. The van der Waals surface area contributed by atoms with E-state index in [4.69, 9.17) is 17.2 Å². The second-order valence-corrected chi connectivity index (χ2v) is 13.7. The molecule has 2 aromatic heterocycles. The van der Waals surface area contributed by atoms with Gasteiger partial charge in [0.2, 0.25) is 0 Å². The van der Waals surface area contributed by atoms with Crippen LogP contribution in [0.2, 0.25) is 0 Å². The lowest BCUT2D eigenvalue weighted by molar-refractivity contribution is -0.139. The first kappa shape index (κ1) is 34.3. The zero-order valence-corrected chi connectivity index (χ0v) is 28.0. The molecule has 50 heavy (non-hydrogen) atoms. The van der Waals surface area contributed by atoms with Gasteiger partial charge in [-0.15, -0.1) is 0 Å². The van der Waals surface area contributed by atoms with Gasteiger partial charge in [-0.1, -0.05) is 0 Å². The number of Topliss-reactive ketones (excluding diaryl/α,β-unsaturated/α-hetero) is 2. The quantitative estimate of drug-likeness (QED) is 0.133. The largest absolute Gasteiger partial charge is 0.509 e. The van der Waals surface area contributed by atoms with Crippen molar-refractivity contribution >= 4 is 28.9 Å². The van der Waals surface area contributed by atoms with Crippen LogP contribution in [0.4, 0.5) is 5.69 Å². The summed E-state index contributed by atoms with van der Waals surface area (Å²) in [6, 6.07) is 5.72. The minimum Gasteiger partial charge on any atom is -0.509 e. The number of carbonyl (C=O) groups is 3. The summed E-state index contributed by atoms with van der Waals surface area (Å²) < 4.78 is 0. The zero-order chi connectivity index (χ0) is 36.5. The molecule has 3 aromatic rings. The number of primary amides is 1. The highest BCUT2D eigenvalue weighted by atomic mass is 16.3. The van der Waals surface area contributed by atoms with Crippen molar-refractivity contribution in [3.8, 4) is 11.8 Å². The number of rotatable bonds is 9. The lowest BCUT2D eigenvalue weighted by atomic mass is 9.47. The average molecular weight is 686 g/mol. The molecule has 2 heterocycles. The number of carbonyl (C=O) groups excluding carboxylic acids is 3. The van der Waals surface area contributed by atoms with Crippen LogP contribution in [-0.4, -0.2) is 108 Å². The number of nitrogens with one attached hydrogen (secondary N) is 2. The first-order chi connectivity index (χ1) is 23.5. The van der Waals surface area contributed by atoms with Gasteiger partial charge in [-0.2, -0.15) is 15.5 Å². The number of aliphatic hydroxyl groups is 2. The Morgan fingerprint density at radius 3 is 2.12 bits per heavy atom. The van der Waals surface area contributed by atoms with Crippen molar-refractivity contribution in [3.05, 3.63) is 75.6 Å². The molecule has 1 amide bonds. The molecular weight excluding hydrogens is 646 g/mol. The number of benzene rings is 1. The summed E-state index contributed by atoms with van der Waals surface area (Å²) >= 11 is 0. The number of amides is 1. The Morgan fingerprint density at radius 1 is 1.04 bits per heavy atom. The minimum absolute atomic E-state index is 0.0779. The Balaban J connectivity index is 1.56. The molecule has 0 bridgehead atoms. The molecule has 6 rings (SSSR count). The fourth-order valence-electron chi connectivity index (χ4n) is 8.09. The van der Waals surface area contributed by atoms with Crippen LogP contribution in [0.5, 0.6) is 5.75 Å². The third-order valence-electron chi connectivity index (χ3n) is 10.1. The number of nitriles is 1. The smallest absolute Gasteiger partial charge is 0.255 e. The number of hydrogen-bond acceptors (Lipinski definition) is 14. The zero-order valence-electron chi connectivity index (χ0n) is 28.0. The van der Waals surface area contributed by atoms with Crippen LogP contribution in [-0.2, 0) is 40.4 Å². The highest BCUT2D eigenvalue weighted by Gasteiger charge is 2.74. The van der Waals surface area contributed by atoms with E-state index in [1.807, 2.05) is 17.0 Å². The van der Waals surface area contributed by atoms with Gasteiger partial charge < -0.3 is 37.4 Å². The second kappa shape index (κ2) is 11.8. The van der Waals surface area contributed by atoms with Crippen molar-refractivity contribution in [1.29, 1.82) is 5.26 Å². The molecule has 17 nitrogen and oxygen atoms in total. The molecule has 3 aliphatic rings. The SMILES string of the molecule is CN(C)c1cc(CN(Cc2ccn[nH]2)Cc2ccn[nH]2)c(O)c2c1C[C@@]1(N)C[C@@]3(N)[C@H](N(C)C)C(=O)C(C(N)=O)=C(O)[C@@]3(C#N)C(=O)C1=C2O. The minimum atomic E-state index is -2.74. The average Bonchev–Trinajstić information content (AvgIpc) is 3.72. The summed E-state index contributed by atoms with van der Waals surface area (Å²) in [5.74, 6) is -5.76. The van der Waals surface area contributed by atoms with Gasteiger partial charge in [-0.25, -0.2) is 0 Å². The number of H-pyrrole nitrogens is 2. The Hall–Kier alpha value is -5.54. The van der Waals surface area contributed by atoms with Crippen LogP contribution in [0.25, 0.3) is 5.76 Å². The van der Waals surface area contributed by atoms with Gasteiger partial charge in [0.25, 0.3) is 5.91 Å². The van der Waals surface area contributed by atoms with Crippen molar-refractivity contribution in [3.63, 3.8) is 0 Å². The molecule has 11 N–H and O–H groups in total. The number of aromatic amines is 2. The number of aromatic nitrogens is 4. The number of phenols is 1. The summed E-state index contributed by atoms with van der Waals surface area (Å²) in [7, 11) is 6.49. The normalized spacial score (nSPS) is 26.2. The number of nitrogens with two attached hydrogens (primary N) is 3. The number of anilines is 1. The van der Waals surface area contributed by atoms with E-state index in [1.165, 1.54) is 19.0 Å². The van der Waals surface area contributed by atoms with E-state index in [9.17, 15) is 35.0 Å². The topological polar surface area (TPSA) is 281 Å². The maximum Gasteiger partial charge on any atom is 0.255 e. The van der Waals surface area contributed by atoms with Gasteiger partial charge >= 0.3 is 0 Å². The monoisotopic (exact) mass is 685 g/mol. The number of ketones is 2. The van der Waals surface area contributed by atoms with Crippen LogP contribution < -0.4 is 22.1 Å². The summed E-state index contributed by atoms with van der Waals surface area (Å²) in [4.78, 5) is 46.1. The number of phenolic OH excluding ortho intramolecular Hbond substituents is 1. The van der Waals surface area contributed by atoms with Gasteiger partial charge in [0.15, 0.2) is 17.0 Å². The number of aromatic hydroxyl groups is 1. The molecule has 0 radical (unpaired) electrons. The summed E-state index contributed by atoms with van der Waals surface area (Å²) in [6.45, 7) is 0.953. The lowest BCUT2D eigenvalue weighted by Gasteiger charge is -2.58. The van der Waals surface area contributed by atoms with Crippen molar-refractivity contribution < 1.29 is 29.7 Å². The predicted molar refractivity (Wildman–Crippen MR) is 179 cm³/mol. The van der Waals surface area contributed by atoms with Gasteiger partial charge in [-0.05, 0) is 50.7 Å². The molecule has 1 saturated carbocycles. The third kappa shape index (κ3) is 4.79. The Bertz CT molecular complexity index is 1980. The van der Waals surface area contributed by atoms with E-state index in [2.05, 4.69) is 20.4 Å². The molecule has 0 aliphatic heterocycles. The van der Waals surface area contributed by atoms with Gasteiger partial charge in [0.1, 0.15) is 22.8 Å². The van der Waals surface area contributed by atoms with E-state index in [0.29, 0.717) is 29.9 Å². The molecule has 0 saturated heterocycles. The maximum atomic E-state index is 14.8. The standard InChI is InChI=1S/C33H39N11O6/c1-42(2)20-9-16(11-44(12-17-5-7-38-40-17)13-18-6-8-39-41-18)24(45)21-19(20)10-31(36)14-33(37)27(43(3)4)26(47)22(30(35)50)28(48)32(33,15-34)29(49)23(31)25(21)46/h5-9,27,45-46,48H,10-14,36-37H2,1-4H3,(H2,35,50)(H,38,40)(H,39,41)/t27-,31-,32+,33-/m1/s1. The maximum absolute atomic E-state index is 14.8. The molecule has 1 aromatic carbocycles. The molecule has 0 spiro atoms. The van der Waals surface area contributed by atoms with Crippen LogP contribution in [0.15, 0.2) is 47.5 Å². The summed E-state index contributed by atoms with van der Waals surface area (Å²) in [5.41, 5.74) is 14.2. The van der Waals surface area contributed by atoms with E-state index in [0.717, 1.165) is 11.4 Å². The van der Waals surface area contributed by atoms with Crippen molar-refractivity contribution in [1.82, 2.24) is 30.2 Å². The Labute approximate surface area is 286 Å². The van der Waals surface area contributed by atoms with Crippen molar-refractivity contribution in [2.24, 2.45) is 22.6 Å². The molecule has 262 valence electrons. The molecule has 17 heteroatoms. The van der Waals surface area contributed by atoms with Gasteiger partial charge in [-0.3, -0.25) is 34.4 Å². The molecule has 1 fully saturated rings. The molecular formula is C33H39N11O6. The van der Waals surface area contributed by atoms with Crippen LogP contribution in [0, 0.1) is 16.7 Å². The predicted octanol–water partition coefficient (Wildman–Crippen LogP) is -0.380. The number of fused-ring (bicyclic) bond motifs is 3. The van der Waals surface area contributed by atoms with Crippen LogP contribution >= 0.6 is 0 Å². The first-order valence-corrected chi connectivity index (χ1v) is 15.7. The van der Waals surface area contributed by atoms with Crippen LogP contribution in [0.1, 0.15) is 34.5 Å². The molecule has 4 atom stereocenters. The summed E-state index contributed by atoms with van der Waals surface area (Å²) in [5, 5.41) is 60.1. The van der Waals surface area contributed by atoms with E-state index in [1.54, 1.807) is 43.5 Å². The first-order valence-electron chi connectivity index (χ1n) is 15.7. The van der Waals surface area contributed by atoms with Gasteiger partial charge in [0, 0.05) is 68.8 Å². The number of aliphatic hydroxyl groups excluding tert-OH is 2. The second-order valence-electron chi connectivity index (χ2n) is 13.7. The molecule has 0 unspecified atom stereocenters. The Morgan fingerprint density at radius 2 is 1.64 bits per heavy atom. The van der Waals surface area contributed by atoms with E-state index < -0.39 is 69.1 Å². The van der Waals surface area contributed by atoms with E-state index >= 15 is 0 Å². The number of likely N-dealkylation sites (N-methyl/N-ethyl adjacent to an activating group) is 1. The van der Waals surface area contributed by atoms with E-state index in [-0.39, 0.29) is 24.3 Å². The number of nitrogens with zero attached hydrogens (tertiary/aromatic N) is 6. The van der Waals surface area contributed by atoms with Crippen molar-refractivity contribution in [2.45, 2.75) is 49.6 Å². The molecule has 3 aliphatic carbocycles. The highest BCUT2D eigenvalue weighted by molar-refractivity contribution is 6.25. The van der Waals surface area contributed by atoms with Gasteiger partial charge in [0.05, 0.1) is 34.3 Å². The lowest BCUT2D eigenvalue weighted by Crippen LogP contribution is -2.80. The third-order valence-corrected chi connectivity index (χ3v) is 10.1. The fraction of sp³-hybridized carbons (Fsp3) is 0.394. The number of hydrogen-bond donors (Lipinski definition) is 8. The fourth-order valence-corrected chi connectivity index (χ4v) is 8.09.